The average Bonchev–Trinajstić information content (AvgIpc) is 2.78. The zero-order valence-electron chi connectivity index (χ0n) is 13.6. The van der Waals surface area contributed by atoms with Gasteiger partial charge >= 0.3 is 0 Å². The van der Waals surface area contributed by atoms with Gasteiger partial charge in [0.1, 0.15) is 0 Å². The lowest BCUT2D eigenvalue weighted by molar-refractivity contribution is -0.256. The van der Waals surface area contributed by atoms with Crippen molar-refractivity contribution in [1.29, 1.82) is 0 Å². The number of hydrogen-bond acceptors (Lipinski definition) is 3. The Kier molecular flexibility index (Phi) is 5.24. The first-order chi connectivity index (χ1) is 11.2. The summed E-state index contributed by atoms with van der Waals surface area (Å²) in [4.78, 5) is 14.8. The second-order valence-corrected chi connectivity index (χ2v) is 6.64. The second kappa shape index (κ2) is 7.20. The molecule has 1 fully saturated rings. The number of ether oxygens (including phenoxy) is 2. The van der Waals surface area contributed by atoms with Gasteiger partial charge < -0.3 is 14.4 Å². The van der Waals surface area contributed by atoms with Gasteiger partial charge in [-0.1, -0.05) is 44.2 Å². The van der Waals surface area contributed by atoms with E-state index in [0.29, 0.717) is 24.8 Å². The quantitative estimate of drug-likeness (QED) is 0.728. The van der Waals surface area contributed by atoms with Crippen molar-refractivity contribution in [1.82, 2.24) is 0 Å². The molecule has 2 aliphatic heterocycles. The highest BCUT2D eigenvalue weighted by atomic mass is 35.5. The number of carbonyl (C=O) groups is 1. The fourth-order valence-corrected chi connectivity index (χ4v) is 3.49. The van der Waals surface area contributed by atoms with Gasteiger partial charge in [0.25, 0.3) is 11.7 Å². The number of fused-ring (bicyclic) bond motifs is 2. The molecular formula is C18H24ClNO3. The number of benzene rings is 1. The number of nitrogens with zero attached hydrogens (tertiary/aromatic N) is 1. The van der Waals surface area contributed by atoms with Crippen LogP contribution < -0.4 is 4.90 Å². The van der Waals surface area contributed by atoms with Gasteiger partial charge in [-0.25, -0.2) is 0 Å². The number of halogens is 1. The van der Waals surface area contributed by atoms with Gasteiger partial charge in [-0.2, -0.15) is 0 Å². The Morgan fingerprint density at radius 2 is 1.91 bits per heavy atom. The van der Waals surface area contributed by atoms with Gasteiger partial charge in [-0.3, -0.25) is 4.79 Å². The molecule has 2 aliphatic rings. The molecule has 4 nitrogen and oxygen atoms in total. The van der Waals surface area contributed by atoms with E-state index in [-0.39, 0.29) is 5.91 Å². The summed E-state index contributed by atoms with van der Waals surface area (Å²) in [6.07, 6.45) is 6.61. The summed E-state index contributed by atoms with van der Waals surface area (Å²) in [7, 11) is 0. The molecule has 23 heavy (non-hydrogen) atoms. The molecule has 1 spiro atoms. The SMILES string of the molecule is CCCCCCCN1C(=O)C2(OCCCO2)c2cc(Cl)ccc21. The lowest BCUT2D eigenvalue weighted by Crippen LogP contribution is -2.47. The monoisotopic (exact) mass is 337 g/mol. The van der Waals surface area contributed by atoms with Crippen molar-refractivity contribution >= 4 is 23.2 Å². The first-order valence-corrected chi connectivity index (χ1v) is 8.97. The number of rotatable bonds is 6. The topological polar surface area (TPSA) is 38.8 Å². The van der Waals surface area contributed by atoms with Crippen LogP contribution in [0.1, 0.15) is 51.0 Å². The third-order valence-electron chi connectivity index (χ3n) is 4.52. The molecule has 5 heteroatoms. The second-order valence-electron chi connectivity index (χ2n) is 6.20. The number of unbranched alkanes of at least 4 members (excludes halogenated alkanes) is 4. The number of amides is 1. The van der Waals surface area contributed by atoms with Crippen molar-refractivity contribution in [3.63, 3.8) is 0 Å². The van der Waals surface area contributed by atoms with Crippen molar-refractivity contribution in [3.05, 3.63) is 28.8 Å². The van der Waals surface area contributed by atoms with E-state index in [9.17, 15) is 4.79 Å². The fourth-order valence-electron chi connectivity index (χ4n) is 3.32. The minimum Gasteiger partial charge on any atom is -0.338 e. The summed E-state index contributed by atoms with van der Waals surface area (Å²) in [6.45, 7) is 3.96. The van der Waals surface area contributed by atoms with Gasteiger partial charge in [-0.15, -0.1) is 0 Å². The molecule has 2 heterocycles. The molecule has 0 atom stereocenters. The smallest absolute Gasteiger partial charge is 0.292 e. The van der Waals surface area contributed by atoms with E-state index < -0.39 is 5.79 Å². The zero-order valence-corrected chi connectivity index (χ0v) is 14.4. The largest absolute Gasteiger partial charge is 0.338 e. The molecule has 1 aromatic rings. The molecule has 0 N–H and O–H groups in total. The predicted molar refractivity (Wildman–Crippen MR) is 90.8 cm³/mol. The molecule has 1 aromatic carbocycles. The molecule has 0 unspecified atom stereocenters. The van der Waals surface area contributed by atoms with Crippen LogP contribution >= 0.6 is 11.6 Å². The van der Waals surface area contributed by atoms with Crippen LogP contribution in [0.5, 0.6) is 0 Å². The summed E-state index contributed by atoms with van der Waals surface area (Å²) < 4.78 is 11.6. The van der Waals surface area contributed by atoms with E-state index in [2.05, 4.69) is 6.92 Å². The van der Waals surface area contributed by atoms with Gasteiger partial charge in [0.2, 0.25) is 0 Å². The van der Waals surface area contributed by atoms with Gasteiger partial charge in [0.15, 0.2) is 0 Å². The van der Waals surface area contributed by atoms with Crippen molar-refractivity contribution in [2.75, 3.05) is 24.7 Å². The number of hydrogen-bond donors (Lipinski definition) is 0. The Hall–Kier alpha value is -1.10. The fraction of sp³-hybridized carbons (Fsp3) is 0.611. The van der Waals surface area contributed by atoms with E-state index in [1.807, 2.05) is 17.0 Å². The number of carbonyl (C=O) groups excluding carboxylic acids is 1. The van der Waals surface area contributed by atoms with E-state index in [1.54, 1.807) is 6.07 Å². The first kappa shape index (κ1) is 16.7. The van der Waals surface area contributed by atoms with Gasteiger partial charge in [0, 0.05) is 17.1 Å². The van der Waals surface area contributed by atoms with Crippen molar-refractivity contribution in [2.45, 2.75) is 51.2 Å². The van der Waals surface area contributed by atoms with Crippen LogP contribution in [0, 0.1) is 0 Å². The maximum atomic E-state index is 13.0. The summed E-state index contributed by atoms with van der Waals surface area (Å²) in [5.74, 6) is -1.38. The predicted octanol–water partition coefficient (Wildman–Crippen LogP) is 4.25. The Morgan fingerprint density at radius 3 is 2.65 bits per heavy atom. The Morgan fingerprint density at radius 1 is 1.17 bits per heavy atom. The highest BCUT2D eigenvalue weighted by Gasteiger charge is 2.54. The Bertz CT molecular complexity index is 569. The van der Waals surface area contributed by atoms with Crippen LogP contribution in [-0.4, -0.2) is 25.7 Å². The lowest BCUT2D eigenvalue weighted by Gasteiger charge is -2.32. The number of anilines is 1. The minimum absolute atomic E-state index is 0.107. The molecule has 0 bridgehead atoms. The molecule has 3 rings (SSSR count). The van der Waals surface area contributed by atoms with Crippen LogP contribution in [0.15, 0.2) is 18.2 Å². The molecule has 0 radical (unpaired) electrons. The van der Waals surface area contributed by atoms with E-state index >= 15 is 0 Å². The van der Waals surface area contributed by atoms with Crippen molar-refractivity contribution < 1.29 is 14.3 Å². The van der Waals surface area contributed by atoms with Crippen LogP contribution in [0.4, 0.5) is 5.69 Å². The summed E-state index contributed by atoms with van der Waals surface area (Å²) in [5, 5.41) is 0.596. The maximum Gasteiger partial charge on any atom is 0.292 e. The van der Waals surface area contributed by atoms with E-state index in [0.717, 1.165) is 30.5 Å². The third-order valence-corrected chi connectivity index (χ3v) is 4.75. The van der Waals surface area contributed by atoms with Crippen molar-refractivity contribution in [2.24, 2.45) is 0 Å². The minimum atomic E-state index is -1.28. The maximum absolute atomic E-state index is 13.0. The molecular weight excluding hydrogens is 314 g/mol. The van der Waals surface area contributed by atoms with Crippen LogP contribution in [0.3, 0.4) is 0 Å². The molecule has 1 amide bonds. The average molecular weight is 338 g/mol. The molecule has 1 saturated heterocycles. The Labute approximate surface area is 142 Å². The van der Waals surface area contributed by atoms with Crippen LogP contribution in [-0.2, 0) is 20.1 Å². The van der Waals surface area contributed by atoms with Crippen LogP contribution in [0.25, 0.3) is 0 Å². The highest BCUT2D eigenvalue weighted by molar-refractivity contribution is 6.31. The third kappa shape index (κ3) is 3.12. The first-order valence-electron chi connectivity index (χ1n) is 8.59. The zero-order chi connectivity index (χ0) is 16.3. The molecule has 0 saturated carbocycles. The van der Waals surface area contributed by atoms with E-state index in [1.165, 1.54) is 19.3 Å². The summed E-state index contributed by atoms with van der Waals surface area (Å²) in [5.41, 5.74) is 1.63. The lowest BCUT2D eigenvalue weighted by atomic mass is 10.1. The standard InChI is InChI=1S/C18H24ClNO3/c1-2-3-4-5-6-10-20-16-9-8-14(19)13-15(16)18(17(20)21)22-11-7-12-23-18/h8-9,13H,2-7,10-12H2,1H3. The van der Waals surface area contributed by atoms with Crippen molar-refractivity contribution in [3.8, 4) is 0 Å². The van der Waals surface area contributed by atoms with Gasteiger partial charge in [-0.05, 0) is 31.0 Å². The molecule has 126 valence electrons. The Balaban J connectivity index is 1.80. The molecule has 0 aromatic heterocycles. The normalized spacial score (nSPS) is 19.4. The van der Waals surface area contributed by atoms with Gasteiger partial charge in [0.05, 0.1) is 18.9 Å². The van der Waals surface area contributed by atoms with Crippen LogP contribution in [0.2, 0.25) is 5.02 Å². The molecule has 0 aliphatic carbocycles. The summed E-state index contributed by atoms with van der Waals surface area (Å²) >= 11 is 6.14. The summed E-state index contributed by atoms with van der Waals surface area (Å²) in [6, 6.07) is 5.52. The van der Waals surface area contributed by atoms with E-state index in [4.69, 9.17) is 21.1 Å². The highest BCUT2D eigenvalue weighted by Crippen LogP contribution is 2.46.